The summed E-state index contributed by atoms with van der Waals surface area (Å²) in [4.78, 5) is 28.5. The van der Waals surface area contributed by atoms with Gasteiger partial charge in [0.2, 0.25) is 11.8 Å². The number of benzene rings is 2. The van der Waals surface area contributed by atoms with E-state index in [2.05, 4.69) is 5.32 Å². The van der Waals surface area contributed by atoms with Crippen molar-refractivity contribution < 1.29 is 18.7 Å². The third kappa shape index (κ3) is 6.57. The molecular weight excluding hydrogens is 373 g/mol. The largest absolute Gasteiger partial charge is 0.497 e. The molecule has 1 N–H and O–H groups in total. The van der Waals surface area contributed by atoms with Gasteiger partial charge in [0.15, 0.2) is 0 Å². The highest BCUT2D eigenvalue weighted by molar-refractivity contribution is 5.93. The summed E-state index contributed by atoms with van der Waals surface area (Å²) in [5.41, 5.74) is 1.38. The van der Waals surface area contributed by atoms with Crippen molar-refractivity contribution in [2.75, 3.05) is 32.6 Å². The van der Waals surface area contributed by atoms with Crippen LogP contribution in [0.5, 0.6) is 5.75 Å². The minimum Gasteiger partial charge on any atom is -0.497 e. The van der Waals surface area contributed by atoms with Crippen LogP contribution in [0.3, 0.4) is 0 Å². The minimum absolute atomic E-state index is 0.0865. The quantitative estimate of drug-likeness (QED) is 0.701. The van der Waals surface area contributed by atoms with E-state index < -0.39 is 6.04 Å². The number of ether oxygens (including phenoxy) is 1. The second kappa shape index (κ2) is 10.6. The van der Waals surface area contributed by atoms with E-state index in [1.807, 2.05) is 6.92 Å². The standard InChI is InChI=1S/C22H28FN3O3/c1-5-26(15-21(27)24-19-9-11-20(29-4)12-10-19)16(2)22(28)25(3)14-17-7-6-8-18(23)13-17/h6-13,16H,5,14-15H2,1-4H3,(H,24,27)/t16-/m0/s1. The second-order valence-electron chi connectivity index (χ2n) is 6.84. The van der Waals surface area contributed by atoms with Crippen LogP contribution >= 0.6 is 0 Å². The highest BCUT2D eigenvalue weighted by Gasteiger charge is 2.25. The van der Waals surface area contributed by atoms with Gasteiger partial charge in [-0.3, -0.25) is 14.5 Å². The van der Waals surface area contributed by atoms with Crippen LogP contribution in [0, 0.1) is 5.82 Å². The van der Waals surface area contributed by atoms with Gasteiger partial charge < -0.3 is 15.0 Å². The molecule has 2 aromatic rings. The van der Waals surface area contributed by atoms with E-state index >= 15 is 0 Å². The Morgan fingerprint density at radius 3 is 2.45 bits per heavy atom. The number of hydrogen-bond acceptors (Lipinski definition) is 4. The van der Waals surface area contributed by atoms with Crippen molar-refractivity contribution in [1.29, 1.82) is 0 Å². The molecule has 0 heterocycles. The summed E-state index contributed by atoms with van der Waals surface area (Å²) in [6.07, 6.45) is 0. The predicted octanol–water partition coefficient (Wildman–Crippen LogP) is 3.14. The van der Waals surface area contributed by atoms with Crippen LogP contribution in [0.1, 0.15) is 19.4 Å². The maximum atomic E-state index is 13.4. The molecule has 1 atom stereocenters. The lowest BCUT2D eigenvalue weighted by Crippen LogP contribution is -2.48. The summed E-state index contributed by atoms with van der Waals surface area (Å²) >= 11 is 0. The number of halogens is 1. The average molecular weight is 401 g/mol. The number of nitrogens with one attached hydrogen (secondary N) is 1. The number of carbonyl (C=O) groups is 2. The first-order valence-electron chi connectivity index (χ1n) is 9.51. The van der Waals surface area contributed by atoms with Gasteiger partial charge in [0.25, 0.3) is 0 Å². The molecule has 0 aliphatic rings. The first kappa shape index (κ1) is 22.4. The van der Waals surface area contributed by atoms with E-state index in [4.69, 9.17) is 4.74 Å². The first-order chi connectivity index (χ1) is 13.8. The molecule has 2 aromatic carbocycles. The summed E-state index contributed by atoms with van der Waals surface area (Å²) < 4.78 is 18.5. The highest BCUT2D eigenvalue weighted by Crippen LogP contribution is 2.15. The number of likely N-dealkylation sites (N-methyl/N-ethyl adjacent to an activating group) is 2. The summed E-state index contributed by atoms with van der Waals surface area (Å²) in [5.74, 6) is 0.0401. The molecule has 0 bridgehead atoms. The summed E-state index contributed by atoms with van der Waals surface area (Å²) in [6, 6.07) is 12.7. The molecular formula is C22H28FN3O3. The van der Waals surface area contributed by atoms with Crippen molar-refractivity contribution in [3.8, 4) is 5.75 Å². The Kier molecular flexibility index (Phi) is 8.15. The van der Waals surface area contributed by atoms with E-state index in [0.29, 0.717) is 30.1 Å². The molecule has 0 fully saturated rings. The number of amides is 2. The van der Waals surface area contributed by atoms with Gasteiger partial charge >= 0.3 is 0 Å². The topological polar surface area (TPSA) is 61.9 Å². The van der Waals surface area contributed by atoms with Crippen LogP contribution in [0.25, 0.3) is 0 Å². The van der Waals surface area contributed by atoms with Crippen LogP contribution < -0.4 is 10.1 Å². The van der Waals surface area contributed by atoms with Gasteiger partial charge in [0.05, 0.1) is 19.7 Å². The zero-order chi connectivity index (χ0) is 21.4. The van der Waals surface area contributed by atoms with E-state index in [1.54, 1.807) is 67.3 Å². The SMILES string of the molecule is CCN(CC(=O)Nc1ccc(OC)cc1)[C@@H](C)C(=O)N(C)Cc1cccc(F)c1. The van der Waals surface area contributed by atoms with Gasteiger partial charge in [-0.05, 0) is 55.4 Å². The average Bonchev–Trinajstić information content (AvgIpc) is 2.71. The molecule has 0 unspecified atom stereocenters. The fourth-order valence-electron chi connectivity index (χ4n) is 3.04. The number of nitrogens with zero attached hydrogens (tertiary/aromatic N) is 2. The lowest BCUT2D eigenvalue weighted by molar-refractivity contribution is -0.136. The number of rotatable bonds is 9. The summed E-state index contributed by atoms with van der Waals surface area (Å²) in [7, 11) is 3.26. The zero-order valence-electron chi connectivity index (χ0n) is 17.3. The van der Waals surface area contributed by atoms with Crippen LogP contribution in [-0.2, 0) is 16.1 Å². The molecule has 0 spiro atoms. The van der Waals surface area contributed by atoms with Crippen molar-refractivity contribution in [2.24, 2.45) is 0 Å². The third-order valence-corrected chi connectivity index (χ3v) is 4.72. The summed E-state index contributed by atoms with van der Waals surface area (Å²) in [6.45, 7) is 4.60. The van der Waals surface area contributed by atoms with Crippen molar-refractivity contribution in [3.63, 3.8) is 0 Å². The number of carbonyl (C=O) groups excluding carboxylic acids is 2. The zero-order valence-corrected chi connectivity index (χ0v) is 17.3. The molecule has 6 nitrogen and oxygen atoms in total. The molecule has 0 aliphatic heterocycles. The van der Waals surface area contributed by atoms with E-state index in [1.165, 1.54) is 12.1 Å². The fraction of sp³-hybridized carbons (Fsp3) is 0.364. The van der Waals surface area contributed by atoms with Gasteiger partial charge in [-0.2, -0.15) is 0 Å². The Labute approximate surface area is 171 Å². The van der Waals surface area contributed by atoms with Crippen molar-refractivity contribution in [2.45, 2.75) is 26.4 Å². The normalized spacial score (nSPS) is 11.8. The lowest BCUT2D eigenvalue weighted by Gasteiger charge is -2.30. The van der Waals surface area contributed by atoms with Crippen LogP contribution in [0.4, 0.5) is 10.1 Å². The van der Waals surface area contributed by atoms with E-state index in [0.717, 1.165) is 0 Å². The molecule has 156 valence electrons. The number of hydrogen-bond donors (Lipinski definition) is 1. The van der Waals surface area contributed by atoms with Crippen molar-refractivity contribution in [3.05, 3.63) is 59.9 Å². The van der Waals surface area contributed by atoms with Gasteiger partial charge in [0, 0.05) is 19.3 Å². The molecule has 0 aromatic heterocycles. The van der Waals surface area contributed by atoms with Gasteiger partial charge in [-0.15, -0.1) is 0 Å². The van der Waals surface area contributed by atoms with Gasteiger partial charge in [-0.25, -0.2) is 4.39 Å². The van der Waals surface area contributed by atoms with Gasteiger partial charge in [0.1, 0.15) is 11.6 Å². The van der Waals surface area contributed by atoms with Crippen LogP contribution in [0.15, 0.2) is 48.5 Å². The van der Waals surface area contributed by atoms with Crippen molar-refractivity contribution in [1.82, 2.24) is 9.80 Å². The van der Waals surface area contributed by atoms with Gasteiger partial charge in [-0.1, -0.05) is 19.1 Å². The molecule has 2 rings (SSSR count). The minimum atomic E-state index is -0.486. The molecule has 0 saturated heterocycles. The molecule has 0 saturated carbocycles. The monoisotopic (exact) mass is 401 g/mol. The molecule has 0 radical (unpaired) electrons. The smallest absolute Gasteiger partial charge is 0.239 e. The molecule has 7 heteroatoms. The summed E-state index contributed by atoms with van der Waals surface area (Å²) in [5, 5.41) is 2.82. The first-order valence-corrected chi connectivity index (χ1v) is 9.51. The lowest BCUT2D eigenvalue weighted by atomic mass is 10.2. The van der Waals surface area contributed by atoms with Crippen molar-refractivity contribution >= 4 is 17.5 Å². The number of methoxy groups -OCH3 is 1. The molecule has 0 aliphatic carbocycles. The van der Waals surface area contributed by atoms with E-state index in [-0.39, 0.29) is 24.2 Å². The Morgan fingerprint density at radius 2 is 1.86 bits per heavy atom. The Balaban J connectivity index is 1.94. The maximum Gasteiger partial charge on any atom is 0.239 e. The molecule has 29 heavy (non-hydrogen) atoms. The molecule has 2 amide bonds. The maximum absolute atomic E-state index is 13.4. The fourth-order valence-corrected chi connectivity index (χ4v) is 3.04. The highest BCUT2D eigenvalue weighted by atomic mass is 19.1. The Hall–Kier alpha value is -2.93. The van der Waals surface area contributed by atoms with Crippen LogP contribution in [0.2, 0.25) is 0 Å². The Bertz CT molecular complexity index is 826. The second-order valence-corrected chi connectivity index (χ2v) is 6.84. The third-order valence-electron chi connectivity index (χ3n) is 4.72. The number of anilines is 1. The van der Waals surface area contributed by atoms with E-state index in [9.17, 15) is 14.0 Å². The Morgan fingerprint density at radius 1 is 1.17 bits per heavy atom. The predicted molar refractivity (Wildman–Crippen MR) is 111 cm³/mol. The van der Waals surface area contributed by atoms with Crippen LogP contribution in [-0.4, -0.2) is 54.9 Å².